The topological polar surface area (TPSA) is 43.1 Å². The molecule has 0 unspecified atom stereocenters. The van der Waals surface area contributed by atoms with Crippen molar-refractivity contribution in [3.8, 4) is 0 Å². The lowest BCUT2D eigenvalue weighted by atomic mass is 9.85. The molecule has 0 radical (unpaired) electrons. The SMILES string of the molecule is NCCCCC(=O)CC1CCCCC1. The molecule has 1 aliphatic rings. The highest BCUT2D eigenvalue weighted by Crippen LogP contribution is 2.26. The van der Waals surface area contributed by atoms with E-state index in [4.69, 9.17) is 5.73 Å². The summed E-state index contributed by atoms with van der Waals surface area (Å²) >= 11 is 0. The molecule has 1 fully saturated rings. The Morgan fingerprint density at radius 2 is 1.86 bits per heavy atom. The normalized spacial score (nSPS) is 18.4. The number of unbranched alkanes of at least 4 members (excludes halogenated alkanes) is 1. The number of nitrogens with two attached hydrogens (primary N) is 1. The first-order valence-electron chi connectivity index (χ1n) is 6.04. The average Bonchev–Trinajstić information content (AvgIpc) is 2.20. The summed E-state index contributed by atoms with van der Waals surface area (Å²) in [6, 6.07) is 0. The standard InChI is InChI=1S/C12H23NO/c13-9-5-4-8-12(14)10-11-6-2-1-3-7-11/h11H,1-10,13H2. The van der Waals surface area contributed by atoms with Crippen LogP contribution in [0.1, 0.15) is 57.8 Å². The van der Waals surface area contributed by atoms with Crippen LogP contribution >= 0.6 is 0 Å². The molecule has 1 saturated carbocycles. The number of carbonyl (C=O) groups is 1. The quantitative estimate of drug-likeness (QED) is 0.665. The Morgan fingerprint density at radius 1 is 1.14 bits per heavy atom. The smallest absolute Gasteiger partial charge is 0.133 e. The van der Waals surface area contributed by atoms with Gasteiger partial charge in [0.05, 0.1) is 0 Å². The zero-order chi connectivity index (χ0) is 10.2. The van der Waals surface area contributed by atoms with Crippen molar-refractivity contribution in [1.82, 2.24) is 0 Å². The summed E-state index contributed by atoms with van der Waals surface area (Å²) in [5.41, 5.74) is 5.39. The molecule has 0 spiro atoms. The van der Waals surface area contributed by atoms with Gasteiger partial charge in [0.2, 0.25) is 0 Å². The van der Waals surface area contributed by atoms with E-state index in [-0.39, 0.29) is 0 Å². The first-order chi connectivity index (χ1) is 6.83. The van der Waals surface area contributed by atoms with E-state index in [0.717, 1.165) is 32.2 Å². The molecule has 0 heterocycles. The number of carbonyl (C=O) groups excluding carboxylic acids is 1. The van der Waals surface area contributed by atoms with Gasteiger partial charge >= 0.3 is 0 Å². The monoisotopic (exact) mass is 197 g/mol. The fourth-order valence-electron chi connectivity index (χ4n) is 2.28. The van der Waals surface area contributed by atoms with Gasteiger partial charge in [-0.1, -0.05) is 32.1 Å². The molecule has 14 heavy (non-hydrogen) atoms. The first kappa shape index (κ1) is 11.7. The maximum Gasteiger partial charge on any atom is 0.133 e. The fourth-order valence-corrected chi connectivity index (χ4v) is 2.28. The minimum atomic E-state index is 0.463. The lowest BCUT2D eigenvalue weighted by Gasteiger charge is -2.20. The summed E-state index contributed by atoms with van der Waals surface area (Å²) in [7, 11) is 0. The molecule has 0 aliphatic heterocycles. The zero-order valence-corrected chi connectivity index (χ0v) is 9.13. The van der Waals surface area contributed by atoms with Crippen molar-refractivity contribution in [2.45, 2.75) is 57.8 Å². The number of ketones is 1. The molecule has 0 aromatic rings. The lowest BCUT2D eigenvalue weighted by molar-refractivity contribution is -0.120. The van der Waals surface area contributed by atoms with Crippen molar-refractivity contribution in [2.24, 2.45) is 11.7 Å². The molecule has 82 valence electrons. The molecule has 0 aromatic carbocycles. The molecule has 0 aromatic heterocycles. The Morgan fingerprint density at radius 3 is 2.50 bits per heavy atom. The predicted molar refractivity (Wildman–Crippen MR) is 59.1 cm³/mol. The minimum absolute atomic E-state index is 0.463. The van der Waals surface area contributed by atoms with E-state index in [1.54, 1.807) is 0 Å². The third kappa shape index (κ3) is 4.75. The Balaban J connectivity index is 2.06. The van der Waals surface area contributed by atoms with E-state index in [1.165, 1.54) is 32.1 Å². The van der Waals surface area contributed by atoms with Crippen LogP contribution in [0.5, 0.6) is 0 Å². The van der Waals surface area contributed by atoms with Crippen LogP contribution in [0.4, 0.5) is 0 Å². The summed E-state index contributed by atoms with van der Waals surface area (Å²) in [5, 5.41) is 0. The van der Waals surface area contributed by atoms with E-state index < -0.39 is 0 Å². The molecule has 0 amide bonds. The Kier molecular flexibility index (Phi) is 5.85. The van der Waals surface area contributed by atoms with Gasteiger partial charge in [0.1, 0.15) is 5.78 Å². The molecule has 0 bridgehead atoms. The third-order valence-corrected chi connectivity index (χ3v) is 3.15. The third-order valence-electron chi connectivity index (χ3n) is 3.15. The van der Waals surface area contributed by atoms with Crippen molar-refractivity contribution in [1.29, 1.82) is 0 Å². The maximum atomic E-state index is 11.5. The predicted octanol–water partition coefficient (Wildman–Crippen LogP) is 2.65. The molecule has 0 saturated heterocycles. The Labute approximate surface area is 87.2 Å². The number of Topliss-reactive ketones (excluding diaryl/α,β-unsaturated/α-hetero) is 1. The van der Waals surface area contributed by atoms with Crippen LogP contribution < -0.4 is 5.73 Å². The zero-order valence-electron chi connectivity index (χ0n) is 9.13. The van der Waals surface area contributed by atoms with E-state index in [0.29, 0.717) is 11.7 Å². The van der Waals surface area contributed by atoms with Crippen LogP contribution in [-0.2, 0) is 4.79 Å². The van der Waals surface area contributed by atoms with Crippen molar-refractivity contribution < 1.29 is 4.79 Å². The van der Waals surface area contributed by atoms with Gasteiger partial charge in [-0.15, -0.1) is 0 Å². The molecule has 1 rings (SSSR count). The minimum Gasteiger partial charge on any atom is -0.330 e. The number of hydrogen-bond donors (Lipinski definition) is 1. The van der Waals surface area contributed by atoms with Crippen molar-refractivity contribution >= 4 is 5.78 Å². The highest BCUT2D eigenvalue weighted by Gasteiger charge is 2.16. The van der Waals surface area contributed by atoms with Crippen molar-refractivity contribution in [3.05, 3.63) is 0 Å². The van der Waals surface area contributed by atoms with Crippen LogP contribution in [0, 0.1) is 5.92 Å². The molecule has 2 N–H and O–H groups in total. The molecule has 2 heteroatoms. The van der Waals surface area contributed by atoms with Gasteiger partial charge in [-0.05, 0) is 25.3 Å². The van der Waals surface area contributed by atoms with Gasteiger partial charge in [0, 0.05) is 12.8 Å². The second kappa shape index (κ2) is 6.99. The molecular weight excluding hydrogens is 174 g/mol. The Hall–Kier alpha value is -0.370. The number of rotatable bonds is 6. The highest BCUT2D eigenvalue weighted by molar-refractivity contribution is 5.78. The highest BCUT2D eigenvalue weighted by atomic mass is 16.1. The molecule has 1 aliphatic carbocycles. The van der Waals surface area contributed by atoms with Crippen LogP contribution in [0.25, 0.3) is 0 Å². The van der Waals surface area contributed by atoms with Crippen molar-refractivity contribution in [2.75, 3.05) is 6.54 Å². The average molecular weight is 197 g/mol. The second-order valence-corrected chi connectivity index (χ2v) is 4.49. The van der Waals surface area contributed by atoms with Crippen molar-refractivity contribution in [3.63, 3.8) is 0 Å². The molecule has 0 atom stereocenters. The van der Waals surface area contributed by atoms with Crippen LogP contribution in [-0.4, -0.2) is 12.3 Å². The lowest BCUT2D eigenvalue weighted by Crippen LogP contribution is -2.12. The van der Waals surface area contributed by atoms with E-state index in [1.807, 2.05) is 0 Å². The van der Waals surface area contributed by atoms with Gasteiger partial charge in [-0.25, -0.2) is 0 Å². The van der Waals surface area contributed by atoms with E-state index >= 15 is 0 Å². The maximum absolute atomic E-state index is 11.5. The summed E-state index contributed by atoms with van der Waals surface area (Å²) < 4.78 is 0. The van der Waals surface area contributed by atoms with Gasteiger partial charge in [-0.3, -0.25) is 4.79 Å². The summed E-state index contributed by atoms with van der Waals surface area (Å²) in [6.45, 7) is 0.719. The van der Waals surface area contributed by atoms with Crippen LogP contribution in [0.15, 0.2) is 0 Å². The second-order valence-electron chi connectivity index (χ2n) is 4.49. The van der Waals surface area contributed by atoms with Gasteiger partial charge < -0.3 is 5.73 Å². The van der Waals surface area contributed by atoms with E-state index in [9.17, 15) is 4.79 Å². The van der Waals surface area contributed by atoms with Crippen LogP contribution in [0.3, 0.4) is 0 Å². The number of hydrogen-bond acceptors (Lipinski definition) is 2. The largest absolute Gasteiger partial charge is 0.330 e. The summed E-state index contributed by atoms with van der Waals surface area (Å²) in [5.74, 6) is 1.17. The van der Waals surface area contributed by atoms with Crippen LogP contribution in [0.2, 0.25) is 0 Å². The first-order valence-corrected chi connectivity index (χ1v) is 6.04. The Bertz CT molecular complexity index is 162. The van der Waals surface area contributed by atoms with E-state index in [2.05, 4.69) is 0 Å². The fraction of sp³-hybridized carbons (Fsp3) is 0.917. The van der Waals surface area contributed by atoms with Gasteiger partial charge in [-0.2, -0.15) is 0 Å². The molecular formula is C12H23NO. The summed E-state index contributed by atoms with van der Waals surface area (Å²) in [4.78, 5) is 11.5. The van der Waals surface area contributed by atoms with Gasteiger partial charge in [0.15, 0.2) is 0 Å². The summed E-state index contributed by atoms with van der Waals surface area (Å²) in [6.07, 6.45) is 10.2. The molecule has 2 nitrogen and oxygen atoms in total. The van der Waals surface area contributed by atoms with Gasteiger partial charge in [0.25, 0.3) is 0 Å².